The summed E-state index contributed by atoms with van der Waals surface area (Å²) in [7, 11) is -3.78. The molecule has 0 spiro atoms. The van der Waals surface area contributed by atoms with Crippen LogP contribution in [0.4, 0.5) is 11.5 Å². The molecular weight excluding hydrogens is 342 g/mol. The van der Waals surface area contributed by atoms with Crippen molar-refractivity contribution in [1.29, 1.82) is 0 Å². The minimum Gasteiger partial charge on any atom is -0.383 e. The highest BCUT2D eigenvalue weighted by molar-refractivity contribution is 7.89. The molecule has 0 unspecified atom stereocenters. The van der Waals surface area contributed by atoms with Gasteiger partial charge in [0.25, 0.3) is 5.91 Å². The number of nitrogen functional groups attached to an aromatic ring is 1. The number of hydrogen-bond acceptors (Lipinski definition) is 5. The lowest BCUT2D eigenvalue weighted by atomic mass is 10.2. The molecule has 0 aliphatic rings. The van der Waals surface area contributed by atoms with E-state index in [-0.39, 0.29) is 16.3 Å². The molecule has 2 aromatic carbocycles. The average Bonchev–Trinajstić information content (AvgIpc) is 2.97. The van der Waals surface area contributed by atoms with Crippen LogP contribution in [-0.4, -0.2) is 24.1 Å². The Morgan fingerprint density at radius 1 is 1.04 bits per heavy atom. The topological polar surface area (TPSA) is 133 Å². The van der Waals surface area contributed by atoms with Crippen LogP contribution in [0.3, 0.4) is 0 Å². The summed E-state index contributed by atoms with van der Waals surface area (Å²) >= 11 is 0. The molecule has 1 aromatic heterocycles. The van der Waals surface area contributed by atoms with Crippen LogP contribution in [0.25, 0.3) is 5.69 Å². The molecule has 5 N–H and O–H groups in total. The second-order valence-corrected chi connectivity index (χ2v) is 6.78. The SMILES string of the molecule is Nc1c(C(=O)Nc2ccccc2)cnn1-c1ccc(S(N)(=O)=O)cc1. The van der Waals surface area contributed by atoms with Gasteiger partial charge in [-0.2, -0.15) is 5.10 Å². The number of benzene rings is 2. The molecule has 3 rings (SSSR count). The molecule has 9 heteroatoms. The van der Waals surface area contributed by atoms with Gasteiger partial charge in [-0.15, -0.1) is 0 Å². The van der Waals surface area contributed by atoms with Gasteiger partial charge in [0, 0.05) is 5.69 Å². The lowest BCUT2D eigenvalue weighted by Crippen LogP contribution is -2.14. The second-order valence-electron chi connectivity index (χ2n) is 5.21. The number of sulfonamides is 1. The Balaban J connectivity index is 1.87. The van der Waals surface area contributed by atoms with E-state index in [0.717, 1.165) is 0 Å². The Morgan fingerprint density at radius 2 is 1.68 bits per heavy atom. The van der Waals surface area contributed by atoms with Crippen molar-refractivity contribution in [1.82, 2.24) is 9.78 Å². The van der Waals surface area contributed by atoms with Crippen molar-refractivity contribution in [3.8, 4) is 5.69 Å². The zero-order chi connectivity index (χ0) is 18.0. The Labute approximate surface area is 144 Å². The number of nitrogens with one attached hydrogen (secondary N) is 1. The summed E-state index contributed by atoms with van der Waals surface area (Å²) in [6.45, 7) is 0. The fraction of sp³-hybridized carbons (Fsp3) is 0. The van der Waals surface area contributed by atoms with E-state index >= 15 is 0 Å². The van der Waals surface area contributed by atoms with Crippen LogP contribution in [0.2, 0.25) is 0 Å². The molecule has 128 valence electrons. The molecule has 0 bridgehead atoms. The van der Waals surface area contributed by atoms with Crippen molar-refractivity contribution in [3.05, 3.63) is 66.4 Å². The van der Waals surface area contributed by atoms with Crippen molar-refractivity contribution in [2.75, 3.05) is 11.1 Å². The first-order valence-electron chi connectivity index (χ1n) is 7.19. The van der Waals surface area contributed by atoms with Crippen LogP contribution < -0.4 is 16.2 Å². The van der Waals surface area contributed by atoms with E-state index in [9.17, 15) is 13.2 Å². The van der Waals surface area contributed by atoms with Crippen molar-refractivity contribution in [3.63, 3.8) is 0 Å². The molecular formula is C16H15N5O3S. The third kappa shape index (κ3) is 3.52. The summed E-state index contributed by atoms with van der Waals surface area (Å²) in [5.41, 5.74) is 7.36. The summed E-state index contributed by atoms with van der Waals surface area (Å²) in [6, 6.07) is 14.6. The maximum atomic E-state index is 12.3. The first-order chi connectivity index (χ1) is 11.9. The molecule has 25 heavy (non-hydrogen) atoms. The Kier molecular flexibility index (Phi) is 4.26. The van der Waals surface area contributed by atoms with E-state index < -0.39 is 15.9 Å². The van der Waals surface area contributed by atoms with Gasteiger partial charge in [0.2, 0.25) is 10.0 Å². The summed E-state index contributed by atoms with van der Waals surface area (Å²) in [5.74, 6) is -0.257. The standard InChI is InChI=1S/C16H15N5O3S/c17-15-14(16(22)20-11-4-2-1-3-5-11)10-19-21(15)12-6-8-13(9-7-12)25(18,23)24/h1-10H,17H2,(H,20,22)(H2,18,23,24). The molecule has 0 radical (unpaired) electrons. The monoisotopic (exact) mass is 357 g/mol. The highest BCUT2D eigenvalue weighted by Gasteiger charge is 2.17. The lowest BCUT2D eigenvalue weighted by molar-refractivity contribution is 0.102. The summed E-state index contributed by atoms with van der Waals surface area (Å²) in [4.78, 5) is 12.3. The molecule has 0 saturated heterocycles. The van der Waals surface area contributed by atoms with Crippen molar-refractivity contribution < 1.29 is 13.2 Å². The first-order valence-corrected chi connectivity index (χ1v) is 8.74. The fourth-order valence-electron chi connectivity index (χ4n) is 2.24. The number of carbonyl (C=O) groups excluding carboxylic acids is 1. The predicted molar refractivity (Wildman–Crippen MR) is 93.7 cm³/mol. The number of anilines is 2. The number of hydrogen-bond donors (Lipinski definition) is 3. The van der Waals surface area contributed by atoms with E-state index in [2.05, 4.69) is 10.4 Å². The fourth-order valence-corrected chi connectivity index (χ4v) is 2.75. The number of rotatable bonds is 4. The average molecular weight is 357 g/mol. The summed E-state index contributed by atoms with van der Waals surface area (Å²) < 4.78 is 23.9. The molecule has 0 saturated carbocycles. The Hall–Kier alpha value is -3.17. The third-order valence-electron chi connectivity index (χ3n) is 3.49. The largest absolute Gasteiger partial charge is 0.383 e. The molecule has 1 amide bonds. The first kappa shape index (κ1) is 16.7. The van der Waals surface area contributed by atoms with Gasteiger partial charge in [-0.3, -0.25) is 4.79 Å². The van der Waals surface area contributed by atoms with Crippen LogP contribution in [0, 0.1) is 0 Å². The second kappa shape index (κ2) is 6.38. The smallest absolute Gasteiger partial charge is 0.261 e. The normalized spacial score (nSPS) is 11.2. The zero-order valence-electron chi connectivity index (χ0n) is 13.0. The lowest BCUT2D eigenvalue weighted by Gasteiger charge is -2.07. The molecule has 8 nitrogen and oxygen atoms in total. The van der Waals surface area contributed by atoms with E-state index in [1.165, 1.54) is 35.1 Å². The molecule has 0 fully saturated rings. The van der Waals surface area contributed by atoms with Crippen molar-refractivity contribution >= 4 is 27.4 Å². The van der Waals surface area contributed by atoms with Gasteiger partial charge < -0.3 is 11.1 Å². The number of amides is 1. The zero-order valence-corrected chi connectivity index (χ0v) is 13.8. The minimum absolute atomic E-state index is 0.0241. The van der Waals surface area contributed by atoms with Crippen molar-refractivity contribution in [2.45, 2.75) is 4.90 Å². The van der Waals surface area contributed by atoms with E-state index in [4.69, 9.17) is 10.9 Å². The van der Waals surface area contributed by atoms with Gasteiger partial charge in [-0.05, 0) is 36.4 Å². The molecule has 0 atom stereocenters. The van der Waals surface area contributed by atoms with Gasteiger partial charge >= 0.3 is 0 Å². The predicted octanol–water partition coefficient (Wildman–Crippen LogP) is 1.35. The van der Waals surface area contributed by atoms with Gasteiger partial charge in [-0.1, -0.05) is 18.2 Å². The Bertz CT molecular complexity index is 1010. The van der Waals surface area contributed by atoms with Crippen LogP contribution in [-0.2, 0) is 10.0 Å². The van der Waals surface area contributed by atoms with E-state index in [1.807, 2.05) is 6.07 Å². The number of nitrogens with zero attached hydrogens (tertiary/aromatic N) is 2. The maximum absolute atomic E-state index is 12.3. The van der Waals surface area contributed by atoms with Crippen LogP contribution in [0.1, 0.15) is 10.4 Å². The molecule has 0 aliphatic heterocycles. The summed E-state index contributed by atoms with van der Waals surface area (Å²) in [6.07, 6.45) is 1.35. The van der Waals surface area contributed by atoms with Crippen molar-refractivity contribution in [2.24, 2.45) is 5.14 Å². The molecule has 3 aromatic rings. The number of carbonyl (C=O) groups is 1. The third-order valence-corrected chi connectivity index (χ3v) is 4.42. The van der Waals surface area contributed by atoms with E-state index in [0.29, 0.717) is 11.4 Å². The van der Waals surface area contributed by atoms with Gasteiger partial charge in [0.05, 0.1) is 16.8 Å². The quantitative estimate of drug-likeness (QED) is 0.648. The van der Waals surface area contributed by atoms with Crippen LogP contribution in [0.5, 0.6) is 0 Å². The van der Waals surface area contributed by atoms with Gasteiger partial charge in [0.15, 0.2) is 0 Å². The molecule has 0 aliphatic carbocycles. The number of aromatic nitrogens is 2. The minimum atomic E-state index is -3.78. The maximum Gasteiger partial charge on any atom is 0.261 e. The highest BCUT2D eigenvalue weighted by atomic mass is 32.2. The highest BCUT2D eigenvalue weighted by Crippen LogP contribution is 2.20. The molecule has 1 heterocycles. The number of para-hydroxylation sites is 1. The number of primary sulfonamides is 1. The Morgan fingerprint density at radius 3 is 2.28 bits per heavy atom. The van der Waals surface area contributed by atoms with E-state index in [1.54, 1.807) is 24.3 Å². The van der Waals surface area contributed by atoms with Crippen LogP contribution in [0.15, 0.2) is 65.7 Å². The van der Waals surface area contributed by atoms with Gasteiger partial charge in [0.1, 0.15) is 11.4 Å². The summed E-state index contributed by atoms with van der Waals surface area (Å²) in [5, 5.41) is 11.9. The van der Waals surface area contributed by atoms with Crippen LogP contribution >= 0.6 is 0 Å². The van der Waals surface area contributed by atoms with Gasteiger partial charge in [-0.25, -0.2) is 18.2 Å². The number of nitrogens with two attached hydrogens (primary N) is 2.